The minimum absolute atomic E-state index is 0.104. The summed E-state index contributed by atoms with van der Waals surface area (Å²) in [5.41, 5.74) is 1.12. The van der Waals surface area contributed by atoms with Crippen LogP contribution in [0.25, 0.3) is 0 Å². The van der Waals surface area contributed by atoms with E-state index in [0.29, 0.717) is 13.0 Å². The summed E-state index contributed by atoms with van der Waals surface area (Å²) in [6.07, 6.45) is 1.70. The van der Waals surface area contributed by atoms with E-state index in [1.807, 2.05) is 38.1 Å². The van der Waals surface area contributed by atoms with E-state index in [9.17, 15) is 4.79 Å². The Hall–Kier alpha value is -1.51. The number of hydrogen-bond acceptors (Lipinski definition) is 3. The Kier molecular flexibility index (Phi) is 6.26. The Balaban J connectivity index is 2.50. The highest BCUT2D eigenvalue weighted by Gasteiger charge is 2.14. The van der Waals surface area contributed by atoms with Crippen molar-refractivity contribution < 1.29 is 14.3 Å². The predicted octanol–water partition coefficient (Wildman–Crippen LogP) is 3.22. The summed E-state index contributed by atoms with van der Waals surface area (Å²) < 4.78 is 10.5. The number of hydrogen-bond donors (Lipinski definition) is 0. The molecule has 0 radical (unpaired) electrons. The van der Waals surface area contributed by atoms with Crippen LogP contribution in [0.1, 0.15) is 32.8 Å². The Morgan fingerprint density at radius 2 is 1.89 bits per heavy atom. The SMILES string of the molecule is CCCOc1ccc(C[C@H](C)C(=O)OCC)cc1. The number of carbonyl (C=O) groups excluding carboxylic acids is 1. The second kappa shape index (κ2) is 7.75. The van der Waals surface area contributed by atoms with Gasteiger partial charge in [-0.25, -0.2) is 0 Å². The highest BCUT2D eigenvalue weighted by Crippen LogP contribution is 2.16. The first-order chi connectivity index (χ1) is 8.67. The second-order valence-electron chi connectivity index (χ2n) is 4.35. The van der Waals surface area contributed by atoms with Crippen LogP contribution in [-0.4, -0.2) is 19.2 Å². The number of rotatable bonds is 7. The first-order valence-electron chi connectivity index (χ1n) is 6.55. The van der Waals surface area contributed by atoms with Gasteiger partial charge in [0.25, 0.3) is 0 Å². The standard InChI is InChI=1S/C15H22O3/c1-4-10-18-14-8-6-13(7-9-14)11-12(3)15(16)17-5-2/h6-9,12H,4-5,10-11H2,1-3H3/t12-/m0/s1. The van der Waals surface area contributed by atoms with Gasteiger partial charge in [-0.1, -0.05) is 26.0 Å². The summed E-state index contributed by atoms with van der Waals surface area (Å²) in [6.45, 7) is 6.96. The van der Waals surface area contributed by atoms with Crippen molar-refractivity contribution >= 4 is 5.97 Å². The molecule has 0 aliphatic carbocycles. The summed E-state index contributed by atoms with van der Waals surface area (Å²) in [6, 6.07) is 7.90. The maximum absolute atomic E-state index is 11.5. The maximum Gasteiger partial charge on any atom is 0.308 e. The third-order valence-corrected chi connectivity index (χ3v) is 2.63. The minimum atomic E-state index is -0.135. The van der Waals surface area contributed by atoms with E-state index < -0.39 is 0 Å². The van der Waals surface area contributed by atoms with Crippen molar-refractivity contribution in [1.29, 1.82) is 0 Å². The van der Waals surface area contributed by atoms with Crippen LogP contribution in [-0.2, 0) is 16.0 Å². The fraction of sp³-hybridized carbons (Fsp3) is 0.533. The van der Waals surface area contributed by atoms with Crippen LogP contribution < -0.4 is 4.74 Å². The smallest absolute Gasteiger partial charge is 0.308 e. The molecule has 1 aromatic carbocycles. The summed E-state index contributed by atoms with van der Waals surface area (Å²) in [5, 5.41) is 0. The molecule has 0 saturated heterocycles. The molecule has 0 aliphatic rings. The molecule has 18 heavy (non-hydrogen) atoms. The van der Waals surface area contributed by atoms with Crippen LogP contribution in [0.3, 0.4) is 0 Å². The van der Waals surface area contributed by atoms with Gasteiger partial charge < -0.3 is 9.47 Å². The Morgan fingerprint density at radius 1 is 1.22 bits per heavy atom. The molecular formula is C15H22O3. The molecule has 1 atom stereocenters. The lowest BCUT2D eigenvalue weighted by molar-refractivity contribution is -0.147. The van der Waals surface area contributed by atoms with E-state index >= 15 is 0 Å². The fourth-order valence-corrected chi connectivity index (χ4v) is 1.66. The monoisotopic (exact) mass is 250 g/mol. The third-order valence-electron chi connectivity index (χ3n) is 2.63. The number of esters is 1. The molecule has 0 fully saturated rings. The van der Waals surface area contributed by atoms with Gasteiger partial charge in [-0.05, 0) is 37.5 Å². The molecule has 0 aromatic heterocycles. The molecular weight excluding hydrogens is 228 g/mol. The van der Waals surface area contributed by atoms with Gasteiger partial charge in [0.1, 0.15) is 5.75 Å². The van der Waals surface area contributed by atoms with Crippen LogP contribution in [0.4, 0.5) is 0 Å². The van der Waals surface area contributed by atoms with Gasteiger partial charge in [-0.2, -0.15) is 0 Å². The van der Waals surface area contributed by atoms with E-state index in [-0.39, 0.29) is 11.9 Å². The lowest BCUT2D eigenvalue weighted by Crippen LogP contribution is -2.16. The van der Waals surface area contributed by atoms with E-state index in [0.717, 1.165) is 24.3 Å². The van der Waals surface area contributed by atoms with Crippen molar-refractivity contribution in [2.45, 2.75) is 33.6 Å². The molecule has 0 saturated carbocycles. The lowest BCUT2D eigenvalue weighted by atomic mass is 10.0. The molecule has 0 amide bonds. The summed E-state index contributed by atoms with van der Waals surface area (Å²) in [5.74, 6) is 0.639. The van der Waals surface area contributed by atoms with Crippen LogP contribution in [0.2, 0.25) is 0 Å². The van der Waals surface area contributed by atoms with Gasteiger partial charge in [-0.3, -0.25) is 4.79 Å². The molecule has 0 unspecified atom stereocenters. The topological polar surface area (TPSA) is 35.5 Å². The minimum Gasteiger partial charge on any atom is -0.494 e. The van der Waals surface area contributed by atoms with Crippen molar-refractivity contribution in [1.82, 2.24) is 0 Å². The summed E-state index contributed by atoms with van der Waals surface area (Å²) >= 11 is 0. The van der Waals surface area contributed by atoms with Crippen LogP contribution in [0.5, 0.6) is 5.75 Å². The Labute approximate surface area is 109 Å². The van der Waals surface area contributed by atoms with Gasteiger partial charge in [0.15, 0.2) is 0 Å². The van der Waals surface area contributed by atoms with Crippen molar-refractivity contribution in [3.63, 3.8) is 0 Å². The molecule has 0 bridgehead atoms. The summed E-state index contributed by atoms with van der Waals surface area (Å²) in [7, 11) is 0. The highest BCUT2D eigenvalue weighted by atomic mass is 16.5. The van der Waals surface area contributed by atoms with Crippen LogP contribution >= 0.6 is 0 Å². The van der Waals surface area contributed by atoms with Crippen molar-refractivity contribution in [3.8, 4) is 5.75 Å². The molecule has 3 heteroatoms. The highest BCUT2D eigenvalue weighted by molar-refractivity contribution is 5.72. The molecule has 1 aromatic rings. The first kappa shape index (κ1) is 14.6. The molecule has 100 valence electrons. The van der Waals surface area contributed by atoms with Crippen LogP contribution in [0, 0.1) is 5.92 Å². The molecule has 3 nitrogen and oxygen atoms in total. The molecule has 0 aliphatic heterocycles. The zero-order valence-electron chi connectivity index (χ0n) is 11.4. The van der Waals surface area contributed by atoms with Gasteiger partial charge >= 0.3 is 5.97 Å². The lowest BCUT2D eigenvalue weighted by Gasteiger charge is -2.11. The zero-order valence-corrected chi connectivity index (χ0v) is 11.4. The maximum atomic E-state index is 11.5. The van der Waals surface area contributed by atoms with E-state index in [4.69, 9.17) is 9.47 Å². The zero-order chi connectivity index (χ0) is 13.4. The third kappa shape index (κ3) is 4.78. The second-order valence-corrected chi connectivity index (χ2v) is 4.35. The first-order valence-corrected chi connectivity index (χ1v) is 6.55. The van der Waals surface area contributed by atoms with Crippen molar-refractivity contribution in [3.05, 3.63) is 29.8 Å². The van der Waals surface area contributed by atoms with E-state index in [1.54, 1.807) is 0 Å². The Morgan fingerprint density at radius 3 is 2.44 bits per heavy atom. The van der Waals surface area contributed by atoms with Crippen LogP contribution in [0.15, 0.2) is 24.3 Å². The van der Waals surface area contributed by atoms with Gasteiger partial charge in [-0.15, -0.1) is 0 Å². The van der Waals surface area contributed by atoms with E-state index in [2.05, 4.69) is 6.92 Å². The van der Waals surface area contributed by atoms with Gasteiger partial charge in [0.05, 0.1) is 19.1 Å². The molecule has 0 heterocycles. The number of benzene rings is 1. The Bertz CT molecular complexity index is 357. The molecule has 1 rings (SSSR count). The number of ether oxygens (including phenoxy) is 2. The molecule has 0 N–H and O–H groups in total. The average Bonchev–Trinajstić information content (AvgIpc) is 2.38. The fourth-order valence-electron chi connectivity index (χ4n) is 1.66. The quantitative estimate of drug-likeness (QED) is 0.697. The predicted molar refractivity (Wildman–Crippen MR) is 71.7 cm³/mol. The largest absolute Gasteiger partial charge is 0.494 e. The van der Waals surface area contributed by atoms with Crippen molar-refractivity contribution in [2.75, 3.05) is 13.2 Å². The van der Waals surface area contributed by atoms with Gasteiger partial charge in [0, 0.05) is 0 Å². The number of carbonyl (C=O) groups is 1. The van der Waals surface area contributed by atoms with Crippen molar-refractivity contribution in [2.24, 2.45) is 5.92 Å². The average molecular weight is 250 g/mol. The summed E-state index contributed by atoms with van der Waals surface area (Å²) in [4.78, 5) is 11.5. The molecule has 0 spiro atoms. The van der Waals surface area contributed by atoms with E-state index in [1.165, 1.54) is 0 Å². The van der Waals surface area contributed by atoms with Gasteiger partial charge in [0.2, 0.25) is 0 Å². The normalized spacial score (nSPS) is 11.9.